The van der Waals surface area contributed by atoms with Gasteiger partial charge in [0.25, 0.3) is 0 Å². The first-order chi connectivity index (χ1) is 8.66. The number of carbonyl (C=O) groups excluding carboxylic acids is 2. The molecule has 18 heavy (non-hydrogen) atoms. The first-order valence-electron chi connectivity index (χ1n) is 5.83. The Hall–Kier alpha value is -2.16. The van der Waals surface area contributed by atoms with Crippen molar-refractivity contribution in [3.63, 3.8) is 0 Å². The van der Waals surface area contributed by atoms with Gasteiger partial charge in [-0.1, -0.05) is 29.8 Å². The normalized spacial score (nSPS) is 10.3. The Labute approximate surface area is 105 Å². The Balaban J connectivity index is 1.92. The first kappa shape index (κ1) is 12.3. The van der Waals surface area contributed by atoms with Gasteiger partial charge in [0, 0.05) is 18.4 Å². The fourth-order valence-electron chi connectivity index (χ4n) is 1.67. The molecule has 92 valence electrons. The summed E-state index contributed by atoms with van der Waals surface area (Å²) < 4.78 is 4.99. The van der Waals surface area contributed by atoms with Crippen LogP contribution in [0, 0.1) is 6.92 Å². The van der Waals surface area contributed by atoms with E-state index in [0.29, 0.717) is 11.3 Å². The molecule has 1 aromatic heterocycles. The van der Waals surface area contributed by atoms with Crippen LogP contribution in [-0.2, 0) is 0 Å². The van der Waals surface area contributed by atoms with Gasteiger partial charge in [-0.2, -0.15) is 0 Å². The molecule has 0 amide bonds. The molecule has 3 heteroatoms. The van der Waals surface area contributed by atoms with E-state index < -0.39 is 0 Å². The SMILES string of the molecule is Cc1ccc(C(=O)CCC(=O)c2ccco2)cc1. The Morgan fingerprint density at radius 3 is 2.28 bits per heavy atom. The van der Waals surface area contributed by atoms with E-state index in [9.17, 15) is 9.59 Å². The first-order valence-corrected chi connectivity index (χ1v) is 5.83. The largest absolute Gasteiger partial charge is 0.461 e. The minimum Gasteiger partial charge on any atom is -0.461 e. The summed E-state index contributed by atoms with van der Waals surface area (Å²) in [6.45, 7) is 1.97. The Morgan fingerprint density at radius 1 is 1.00 bits per heavy atom. The van der Waals surface area contributed by atoms with E-state index in [1.165, 1.54) is 6.26 Å². The Kier molecular flexibility index (Phi) is 3.72. The van der Waals surface area contributed by atoms with Crippen LogP contribution >= 0.6 is 0 Å². The highest BCUT2D eigenvalue weighted by Gasteiger charge is 2.12. The predicted octanol–water partition coefficient (Wildman–Crippen LogP) is 3.43. The number of carbonyl (C=O) groups is 2. The zero-order chi connectivity index (χ0) is 13.0. The molecule has 3 nitrogen and oxygen atoms in total. The van der Waals surface area contributed by atoms with Crippen LogP contribution in [0.25, 0.3) is 0 Å². The average Bonchev–Trinajstić information content (AvgIpc) is 2.90. The molecule has 1 aromatic carbocycles. The minimum absolute atomic E-state index is 0.0186. The van der Waals surface area contributed by atoms with Crippen LogP contribution in [0.15, 0.2) is 47.1 Å². The zero-order valence-electron chi connectivity index (χ0n) is 10.2. The maximum absolute atomic E-state index is 11.8. The average molecular weight is 242 g/mol. The second kappa shape index (κ2) is 5.45. The number of benzene rings is 1. The zero-order valence-corrected chi connectivity index (χ0v) is 10.2. The van der Waals surface area contributed by atoms with Gasteiger partial charge in [0.15, 0.2) is 17.3 Å². The van der Waals surface area contributed by atoms with Crippen LogP contribution in [0.2, 0.25) is 0 Å². The number of Topliss-reactive ketones (excluding diaryl/α,β-unsaturated/α-hetero) is 2. The third-order valence-corrected chi connectivity index (χ3v) is 2.75. The molecule has 2 aromatic rings. The molecule has 0 bridgehead atoms. The van der Waals surface area contributed by atoms with Crippen LogP contribution in [0.3, 0.4) is 0 Å². The van der Waals surface area contributed by atoms with Gasteiger partial charge in [0.05, 0.1) is 6.26 Å². The van der Waals surface area contributed by atoms with E-state index in [2.05, 4.69) is 0 Å². The Bertz CT molecular complexity index is 536. The maximum atomic E-state index is 11.8. The van der Waals surface area contributed by atoms with Crippen molar-refractivity contribution >= 4 is 11.6 Å². The predicted molar refractivity (Wildman–Crippen MR) is 67.8 cm³/mol. The molecule has 0 aliphatic heterocycles. The van der Waals surface area contributed by atoms with Crippen molar-refractivity contribution in [1.82, 2.24) is 0 Å². The molecule has 0 aliphatic carbocycles. The summed E-state index contributed by atoms with van der Waals surface area (Å²) in [6.07, 6.45) is 1.85. The fraction of sp³-hybridized carbons (Fsp3) is 0.200. The summed E-state index contributed by atoms with van der Waals surface area (Å²) in [4.78, 5) is 23.5. The van der Waals surface area contributed by atoms with Gasteiger partial charge < -0.3 is 4.42 Å². The topological polar surface area (TPSA) is 47.3 Å². The number of hydrogen-bond acceptors (Lipinski definition) is 3. The maximum Gasteiger partial charge on any atom is 0.198 e. The Morgan fingerprint density at radius 2 is 1.67 bits per heavy atom. The van der Waals surface area contributed by atoms with Gasteiger partial charge in [-0.25, -0.2) is 0 Å². The highest BCUT2D eigenvalue weighted by Crippen LogP contribution is 2.11. The monoisotopic (exact) mass is 242 g/mol. The molecule has 0 saturated heterocycles. The third-order valence-electron chi connectivity index (χ3n) is 2.75. The van der Waals surface area contributed by atoms with Gasteiger partial charge >= 0.3 is 0 Å². The van der Waals surface area contributed by atoms with Crippen molar-refractivity contribution in [1.29, 1.82) is 0 Å². The van der Waals surface area contributed by atoms with Gasteiger partial charge in [0.2, 0.25) is 0 Å². The number of aryl methyl sites for hydroxylation is 1. The minimum atomic E-state index is -0.138. The molecule has 0 N–H and O–H groups in total. The molecular formula is C15H14O3. The lowest BCUT2D eigenvalue weighted by molar-refractivity contribution is 0.0902. The third kappa shape index (κ3) is 2.94. The molecule has 0 unspecified atom stereocenters. The smallest absolute Gasteiger partial charge is 0.198 e. The van der Waals surface area contributed by atoms with Crippen LogP contribution in [-0.4, -0.2) is 11.6 Å². The summed E-state index contributed by atoms with van der Waals surface area (Å²) in [6, 6.07) is 10.6. The van der Waals surface area contributed by atoms with E-state index >= 15 is 0 Å². The summed E-state index contributed by atoms with van der Waals surface area (Å²) in [5, 5.41) is 0. The van der Waals surface area contributed by atoms with Crippen molar-refractivity contribution in [3.8, 4) is 0 Å². The fourth-order valence-corrected chi connectivity index (χ4v) is 1.67. The van der Waals surface area contributed by atoms with Gasteiger partial charge in [-0.3, -0.25) is 9.59 Å². The lowest BCUT2D eigenvalue weighted by atomic mass is 10.0. The van der Waals surface area contributed by atoms with E-state index in [4.69, 9.17) is 4.42 Å². The second-order valence-corrected chi connectivity index (χ2v) is 4.19. The van der Waals surface area contributed by atoms with Gasteiger partial charge in [-0.15, -0.1) is 0 Å². The lowest BCUT2D eigenvalue weighted by Gasteiger charge is -2.00. The van der Waals surface area contributed by atoms with Crippen molar-refractivity contribution in [2.45, 2.75) is 19.8 Å². The van der Waals surface area contributed by atoms with Crippen LogP contribution in [0.4, 0.5) is 0 Å². The highest BCUT2D eigenvalue weighted by molar-refractivity contribution is 6.01. The van der Waals surface area contributed by atoms with Crippen LogP contribution in [0.1, 0.15) is 39.3 Å². The quantitative estimate of drug-likeness (QED) is 0.754. The van der Waals surface area contributed by atoms with Crippen molar-refractivity contribution in [2.75, 3.05) is 0 Å². The molecule has 0 aliphatic rings. The molecular weight excluding hydrogens is 228 g/mol. The summed E-state index contributed by atoms with van der Waals surface area (Å²) in [5.74, 6) is 0.155. The van der Waals surface area contributed by atoms with Gasteiger partial charge in [-0.05, 0) is 19.1 Å². The number of furan rings is 1. The summed E-state index contributed by atoms with van der Waals surface area (Å²) in [5.41, 5.74) is 1.76. The van der Waals surface area contributed by atoms with E-state index in [-0.39, 0.29) is 24.4 Å². The van der Waals surface area contributed by atoms with Crippen molar-refractivity contribution in [2.24, 2.45) is 0 Å². The van der Waals surface area contributed by atoms with E-state index in [1.807, 2.05) is 19.1 Å². The van der Waals surface area contributed by atoms with Crippen LogP contribution in [0.5, 0.6) is 0 Å². The molecule has 0 fully saturated rings. The molecule has 1 heterocycles. The van der Waals surface area contributed by atoms with Crippen LogP contribution < -0.4 is 0 Å². The second-order valence-electron chi connectivity index (χ2n) is 4.19. The van der Waals surface area contributed by atoms with Crippen molar-refractivity contribution in [3.05, 3.63) is 59.5 Å². The molecule has 0 atom stereocenters. The highest BCUT2D eigenvalue weighted by atomic mass is 16.3. The molecule has 0 spiro atoms. The molecule has 2 rings (SSSR count). The standard InChI is InChI=1S/C15H14O3/c1-11-4-6-12(7-5-11)13(16)8-9-14(17)15-3-2-10-18-15/h2-7,10H,8-9H2,1H3. The summed E-state index contributed by atoms with van der Waals surface area (Å²) in [7, 11) is 0. The summed E-state index contributed by atoms with van der Waals surface area (Å²) >= 11 is 0. The number of rotatable bonds is 5. The van der Waals surface area contributed by atoms with Crippen molar-refractivity contribution < 1.29 is 14.0 Å². The molecule has 0 radical (unpaired) electrons. The van der Waals surface area contributed by atoms with E-state index in [1.54, 1.807) is 24.3 Å². The molecule has 0 saturated carbocycles. The number of hydrogen-bond donors (Lipinski definition) is 0. The van der Waals surface area contributed by atoms with E-state index in [0.717, 1.165) is 5.56 Å². The lowest BCUT2D eigenvalue weighted by Crippen LogP contribution is -2.04. The van der Waals surface area contributed by atoms with Gasteiger partial charge in [0.1, 0.15) is 0 Å². The number of ketones is 2.